The van der Waals surface area contributed by atoms with Crippen molar-refractivity contribution < 1.29 is 0 Å². The van der Waals surface area contributed by atoms with Gasteiger partial charge in [0.1, 0.15) is 0 Å². The third-order valence-electron chi connectivity index (χ3n) is 4.47. The average Bonchev–Trinajstić information content (AvgIpc) is 3.06. The Morgan fingerprint density at radius 1 is 1.35 bits per heavy atom. The molecule has 0 saturated heterocycles. The van der Waals surface area contributed by atoms with Crippen molar-refractivity contribution in [3.63, 3.8) is 0 Å². The highest BCUT2D eigenvalue weighted by Crippen LogP contribution is 2.35. The van der Waals surface area contributed by atoms with Crippen molar-refractivity contribution in [3.8, 4) is 0 Å². The highest BCUT2D eigenvalue weighted by Gasteiger charge is 2.23. The number of hydrogen-bond acceptors (Lipinski definition) is 1. The molecule has 2 aliphatic carbocycles. The standard InChI is InChI=1S/C15H24N2/c1-11-10-13-14(16)5-2-6-15(13)17(11)9-3-4-12-7-8-12/h10,12,14H,2-9,16H2,1H3. The van der Waals surface area contributed by atoms with Gasteiger partial charge < -0.3 is 10.3 Å². The molecule has 2 N–H and O–H groups in total. The van der Waals surface area contributed by atoms with Gasteiger partial charge in [0.05, 0.1) is 0 Å². The maximum atomic E-state index is 6.20. The summed E-state index contributed by atoms with van der Waals surface area (Å²) >= 11 is 0. The molecule has 1 atom stereocenters. The van der Waals surface area contributed by atoms with E-state index < -0.39 is 0 Å². The zero-order valence-electron chi connectivity index (χ0n) is 10.9. The minimum atomic E-state index is 0.294. The van der Waals surface area contributed by atoms with E-state index in [-0.39, 0.29) is 0 Å². The summed E-state index contributed by atoms with van der Waals surface area (Å²) in [6, 6.07) is 2.62. The van der Waals surface area contributed by atoms with E-state index in [1.807, 2.05) is 0 Å². The first kappa shape index (κ1) is 11.3. The zero-order chi connectivity index (χ0) is 11.8. The van der Waals surface area contributed by atoms with Crippen LogP contribution in [0.1, 0.15) is 61.5 Å². The summed E-state index contributed by atoms with van der Waals surface area (Å²) in [4.78, 5) is 0. The maximum Gasteiger partial charge on any atom is 0.0313 e. The van der Waals surface area contributed by atoms with Gasteiger partial charge in [0.15, 0.2) is 0 Å². The molecule has 1 aromatic rings. The Labute approximate surface area is 104 Å². The van der Waals surface area contributed by atoms with E-state index in [4.69, 9.17) is 5.73 Å². The van der Waals surface area contributed by atoms with Gasteiger partial charge in [-0.25, -0.2) is 0 Å². The molecule has 0 amide bonds. The number of fused-ring (bicyclic) bond motifs is 1. The van der Waals surface area contributed by atoms with E-state index >= 15 is 0 Å². The van der Waals surface area contributed by atoms with Crippen molar-refractivity contribution in [1.29, 1.82) is 0 Å². The molecule has 1 heterocycles. The zero-order valence-corrected chi connectivity index (χ0v) is 10.9. The van der Waals surface area contributed by atoms with Gasteiger partial charge in [0.2, 0.25) is 0 Å². The van der Waals surface area contributed by atoms with Crippen molar-refractivity contribution in [2.24, 2.45) is 11.7 Å². The summed E-state index contributed by atoms with van der Waals surface area (Å²) in [5.41, 5.74) is 10.6. The fraction of sp³-hybridized carbons (Fsp3) is 0.733. The first-order valence-electron chi connectivity index (χ1n) is 7.20. The topological polar surface area (TPSA) is 30.9 Å². The van der Waals surface area contributed by atoms with E-state index in [2.05, 4.69) is 17.6 Å². The average molecular weight is 232 g/mol. The van der Waals surface area contributed by atoms with Crippen LogP contribution < -0.4 is 5.73 Å². The third kappa shape index (κ3) is 2.28. The van der Waals surface area contributed by atoms with Crippen LogP contribution in [0.4, 0.5) is 0 Å². The minimum absolute atomic E-state index is 0.294. The Morgan fingerprint density at radius 2 is 2.18 bits per heavy atom. The largest absolute Gasteiger partial charge is 0.349 e. The number of rotatable bonds is 4. The van der Waals surface area contributed by atoms with E-state index in [1.165, 1.54) is 68.4 Å². The summed E-state index contributed by atoms with van der Waals surface area (Å²) in [5, 5.41) is 0. The van der Waals surface area contributed by atoms with Gasteiger partial charge in [-0.3, -0.25) is 0 Å². The summed E-state index contributed by atoms with van der Waals surface area (Å²) in [5.74, 6) is 1.06. The second-order valence-corrected chi connectivity index (χ2v) is 5.92. The molecular weight excluding hydrogens is 208 g/mol. The molecule has 0 bridgehead atoms. The van der Waals surface area contributed by atoms with Crippen LogP contribution in [0.5, 0.6) is 0 Å². The monoisotopic (exact) mass is 232 g/mol. The normalized spacial score (nSPS) is 23.8. The number of aryl methyl sites for hydroxylation is 1. The molecule has 1 aromatic heterocycles. The molecule has 17 heavy (non-hydrogen) atoms. The van der Waals surface area contributed by atoms with Crippen molar-refractivity contribution in [2.45, 2.75) is 64.5 Å². The fourth-order valence-corrected chi connectivity index (χ4v) is 3.26. The van der Waals surface area contributed by atoms with E-state index in [1.54, 1.807) is 0 Å². The molecule has 3 rings (SSSR count). The van der Waals surface area contributed by atoms with Gasteiger partial charge in [-0.05, 0) is 56.6 Å². The smallest absolute Gasteiger partial charge is 0.0313 e. The molecule has 0 spiro atoms. The van der Waals surface area contributed by atoms with Crippen molar-refractivity contribution in [2.75, 3.05) is 0 Å². The van der Waals surface area contributed by atoms with Gasteiger partial charge in [-0.15, -0.1) is 0 Å². The summed E-state index contributed by atoms with van der Waals surface area (Å²) in [7, 11) is 0. The summed E-state index contributed by atoms with van der Waals surface area (Å²) < 4.78 is 2.54. The Kier molecular flexibility index (Phi) is 2.99. The SMILES string of the molecule is Cc1cc2c(n1CCCC1CC1)CCCC2N. The van der Waals surface area contributed by atoms with E-state index in [0.717, 1.165) is 5.92 Å². The number of aromatic nitrogens is 1. The predicted octanol–water partition coefficient (Wildman–Crippen LogP) is 3.32. The first-order chi connectivity index (χ1) is 8.25. The molecule has 0 aliphatic heterocycles. The summed E-state index contributed by atoms with van der Waals surface area (Å²) in [6.45, 7) is 3.45. The molecule has 94 valence electrons. The minimum Gasteiger partial charge on any atom is -0.349 e. The molecule has 2 nitrogen and oxygen atoms in total. The second-order valence-electron chi connectivity index (χ2n) is 5.92. The Bertz CT molecular complexity index is 401. The Morgan fingerprint density at radius 3 is 2.94 bits per heavy atom. The maximum absolute atomic E-state index is 6.20. The van der Waals surface area contributed by atoms with Crippen LogP contribution in [0.3, 0.4) is 0 Å². The molecule has 0 aromatic carbocycles. The van der Waals surface area contributed by atoms with E-state index in [9.17, 15) is 0 Å². The van der Waals surface area contributed by atoms with Crippen LogP contribution in [0, 0.1) is 12.8 Å². The van der Waals surface area contributed by atoms with Crippen LogP contribution in [0.2, 0.25) is 0 Å². The lowest BCUT2D eigenvalue weighted by Gasteiger charge is -2.21. The van der Waals surface area contributed by atoms with Crippen LogP contribution in [0.15, 0.2) is 6.07 Å². The molecule has 1 fully saturated rings. The fourth-order valence-electron chi connectivity index (χ4n) is 3.26. The van der Waals surface area contributed by atoms with Crippen LogP contribution in [-0.4, -0.2) is 4.57 Å². The van der Waals surface area contributed by atoms with Crippen molar-refractivity contribution in [3.05, 3.63) is 23.0 Å². The van der Waals surface area contributed by atoms with Gasteiger partial charge in [0.25, 0.3) is 0 Å². The number of hydrogen-bond donors (Lipinski definition) is 1. The first-order valence-corrected chi connectivity index (χ1v) is 7.20. The summed E-state index contributed by atoms with van der Waals surface area (Å²) in [6.07, 6.45) is 9.40. The van der Waals surface area contributed by atoms with Crippen molar-refractivity contribution in [1.82, 2.24) is 4.57 Å². The van der Waals surface area contributed by atoms with E-state index in [0.29, 0.717) is 6.04 Å². The molecule has 1 unspecified atom stereocenters. The van der Waals surface area contributed by atoms with Crippen LogP contribution in [-0.2, 0) is 13.0 Å². The van der Waals surface area contributed by atoms with Gasteiger partial charge >= 0.3 is 0 Å². The third-order valence-corrected chi connectivity index (χ3v) is 4.47. The lowest BCUT2D eigenvalue weighted by Crippen LogP contribution is -2.18. The molecule has 1 saturated carbocycles. The van der Waals surface area contributed by atoms with Crippen molar-refractivity contribution >= 4 is 0 Å². The highest BCUT2D eigenvalue weighted by atomic mass is 15.0. The lowest BCUT2D eigenvalue weighted by molar-refractivity contribution is 0.514. The molecule has 0 radical (unpaired) electrons. The number of nitrogens with two attached hydrogens (primary N) is 1. The van der Waals surface area contributed by atoms with Crippen LogP contribution in [0.25, 0.3) is 0 Å². The van der Waals surface area contributed by atoms with Gasteiger partial charge in [-0.2, -0.15) is 0 Å². The second kappa shape index (κ2) is 4.49. The molecular formula is C15H24N2. The van der Waals surface area contributed by atoms with Gasteiger partial charge in [-0.1, -0.05) is 12.8 Å². The highest BCUT2D eigenvalue weighted by molar-refractivity contribution is 5.32. The molecule has 2 aliphatic rings. The Balaban J connectivity index is 1.73. The lowest BCUT2D eigenvalue weighted by atomic mass is 9.93. The Hall–Kier alpha value is -0.760. The predicted molar refractivity (Wildman–Crippen MR) is 71.0 cm³/mol. The van der Waals surface area contributed by atoms with Gasteiger partial charge in [0, 0.05) is 24.0 Å². The number of nitrogens with zero attached hydrogens (tertiary/aromatic N) is 1. The molecule has 2 heteroatoms. The van der Waals surface area contributed by atoms with Crippen LogP contribution >= 0.6 is 0 Å². The quantitative estimate of drug-likeness (QED) is 0.848.